The Morgan fingerprint density at radius 1 is 0.388 bits per heavy atom. The number of para-hydroxylation sites is 3. The Morgan fingerprint density at radius 3 is 1.66 bits per heavy atom. The van der Waals surface area contributed by atoms with Gasteiger partial charge in [-0.1, -0.05) is 200 Å². The Bertz CT molecular complexity index is 3630. The van der Waals surface area contributed by atoms with Crippen LogP contribution in [0.1, 0.15) is 62.9 Å². The lowest BCUT2D eigenvalue weighted by molar-refractivity contribution is 0.792. The van der Waals surface area contributed by atoms with Crippen molar-refractivity contribution in [3.8, 4) is 22.3 Å². The fraction of sp³-hybridized carbons (Fsp3) is 0.0462. The highest BCUT2D eigenvalue weighted by molar-refractivity contribution is 6.06. The third-order valence-corrected chi connectivity index (χ3v) is 14.9. The molecule has 0 radical (unpaired) electrons. The molecule has 0 atom stereocenters. The molecule has 67 heavy (non-hydrogen) atoms. The van der Waals surface area contributed by atoms with Gasteiger partial charge < -0.3 is 9.80 Å². The topological polar surface area (TPSA) is 6.48 Å². The summed E-state index contributed by atoms with van der Waals surface area (Å²) in [5.41, 5.74) is 24.7. The quantitative estimate of drug-likeness (QED) is 0.163. The van der Waals surface area contributed by atoms with Crippen LogP contribution in [0.4, 0.5) is 28.4 Å². The van der Waals surface area contributed by atoms with Crippen molar-refractivity contribution in [1.82, 2.24) is 0 Å². The molecule has 5 aliphatic rings. The first-order valence-corrected chi connectivity index (χ1v) is 23.6. The van der Waals surface area contributed by atoms with Gasteiger partial charge in [-0.3, -0.25) is 0 Å². The van der Waals surface area contributed by atoms with Crippen molar-refractivity contribution in [3.63, 3.8) is 0 Å². The summed E-state index contributed by atoms with van der Waals surface area (Å²) < 4.78 is 0. The number of allylic oxidation sites excluding steroid dienone is 5. The molecule has 0 unspecified atom stereocenters. The molecule has 2 heterocycles. The first-order valence-electron chi connectivity index (χ1n) is 23.6. The van der Waals surface area contributed by atoms with Crippen LogP contribution in [0.15, 0.2) is 224 Å². The number of anilines is 5. The molecule has 0 fully saturated rings. The molecular formula is C65H44N2. The second-order valence-corrected chi connectivity index (χ2v) is 18.3. The van der Waals surface area contributed by atoms with Gasteiger partial charge in [0.05, 0.1) is 28.2 Å². The SMILES string of the molecule is C1=CC2=C(CC1)N(c1ccc3c(c1)C1(c4ccccc4-c4ccccc41)c1cc(/C=C/c4cccc5c(N6c7ccccc7C=Cc7ccccc76)cccc45)ccc1-3)c1ccccc1C=C2. The lowest BCUT2D eigenvalue weighted by atomic mass is 9.70. The van der Waals surface area contributed by atoms with E-state index in [9.17, 15) is 0 Å². The van der Waals surface area contributed by atoms with E-state index in [1.807, 2.05) is 0 Å². The molecule has 0 bridgehead atoms. The Kier molecular flexibility index (Phi) is 8.36. The van der Waals surface area contributed by atoms with Crippen LogP contribution in [0.2, 0.25) is 0 Å². The number of fused-ring (bicyclic) bond motifs is 14. The van der Waals surface area contributed by atoms with Crippen LogP contribution in [0.25, 0.3) is 63.4 Å². The summed E-state index contributed by atoms with van der Waals surface area (Å²) in [6.45, 7) is 0. The van der Waals surface area contributed by atoms with Crippen LogP contribution in [-0.4, -0.2) is 0 Å². The van der Waals surface area contributed by atoms with E-state index in [-0.39, 0.29) is 0 Å². The van der Waals surface area contributed by atoms with E-state index < -0.39 is 5.41 Å². The van der Waals surface area contributed by atoms with Crippen LogP contribution in [0.3, 0.4) is 0 Å². The average molecular weight is 853 g/mol. The zero-order valence-corrected chi connectivity index (χ0v) is 36.9. The Hall–Kier alpha value is -8.46. The smallest absolute Gasteiger partial charge is 0.0726 e. The maximum Gasteiger partial charge on any atom is 0.0726 e. The summed E-state index contributed by atoms with van der Waals surface area (Å²) in [6.07, 6.45) is 20.3. The molecule has 0 N–H and O–H groups in total. The summed E-state index contributed by atoms with van der Waals surface area (Å²) in [5, 5.41) is 2.43. The van der Waals surface area contributed by atoms with Crippen molar-refractivity contribution in [2.45, 2.75) is 18.3 Å². The van der Waals surface area contributed by atoms with E-state index in [0.29, 0.717) is 0 Å². The van der Waals surface area contributed by atoms with Crippen LogP contribution in [-0.2, 0) is 5.41 Å². The van der Waals surface area contributed by atoms with E-state index in [1.165, 1.54) is 123 Å². The lowest BCUT2D eigenvalue weighted by Gasteiger charge is -2.34. The summed E-state index contributed by atoms with van der Waals surface area (Å²) in [7, 11) is 0. The monoisotopic (exact) mass is 852 g/mol. The van der Waals surface area contributed by atoms with E-state index in [2.05, 4.69) is 253 Å². The normalized spacial score (nSPS) is 15.4. The predicted molar refractivity (Wildman–Crippen MR) is 282 cm³/mol. The summed E-state index contributed by atoms with van der Waals surface area (Å²) in [6, 6.07) is 72.5. The third-order valence-electron chi connectivity index (χ3n) is 14.9. The Morgan fingerprint density at radius 2 is 0.940 bits per heavy atom. The zero-order valence-electron chi connectivity index (χ0n) is 36.9. The minimum absolute atomic E-state index is 0.492. The number of benzene rings is 9. The second-order valence-electron chi connectivity index (χ2n) is 18.3. The highest BCUT2D eigenvalue weighted by atomic mass is 15.2. The van der Waals surface area contributed by atoms with Gasteiger partial charge in [0, 0.05) is 16.8 Å². The van der Waals surface area contributed by atoms with Crippen LogP contribution < -0.4 is 9.80 Å². The molecule has 314 valence electrons. The fourth-order valence-electron chi connectivity index (χ4n) is 12.0. The van der Waals surface area contributed by atoms with E-state index in [0.717, 1.165) is 12.8 Å². The fourth-order valence-corrected chi connectivity index (χ4v) is 12.0. The molecule has 2 heteroatoms. The molecule has 0 saturated carbocycles. The van der Waals surface area contributed by atoms with Crippen molar-refractivity contribution >= 4 is 69.6 Å². The summed E-state index contributed by atoms with van der Waals surface area (Å²) >= 11 is 0. The molecule has 0 aromatic heterocycles. The van der Waals surface area contributed by atoms with Crippen molar-refractivity contribution in [2.24, 2.45) is 0 Å². The van der Waals surface area contributed by atoms with Gasteiger partial charge in [0.25, 0.3) is 0 Å². The molecule has 0 amide bonds. The molecular weight excluding hydrogens is 809 g/mol. The van der Waals surface area contributed by atoms with Crippen LogP contribution >= 0.6 is 0 Å². The Labute approximate surface area is 391 Å². The maximum absolute atomic E-state index is 2.54. The van der Waals surface area contributed by atoms with Crippen LogP contribution in [0.5, 0.6) is 0 Å². The van der Waals surface area contributed by atoms with Gasteiger partial charge >= 0.3 is 0 Å². The summed E-state index contributed by atoms with van der Waals surface area (Å²) in [5.74, 6) is 0. The lowest BCUT2D eigenvalue weighted by Crippen LogP contribution is -2.26. The first kappa shape index (κ1) is 37.9. The average Bonchev–Trinajstić information content (AvgIpc) is 3.68. The largest absolute Gasteiger partial charge is 0.313 e. The van der Waals surface area contributed by atoms with Gasteiger partial charge in [-0.05, 0) is 139 Å². The first-order chi connectivity index (χ1) is 33.2. The number of hydrogen-bond donors (Lipinski definition) is 0. The molecule has 2 nitrogen and oxygen atoms in total. The van der Waals surface area contributed by atoms with Crippen molar-refractivity contribution in [1.29, 1.82) is 0 Å². The van der Waals surface area contributed by atoms with E-state index in [4.69, 9.17) is 0 Å². The van der Waals surface area contributed by atoms with Crippen molar-refractivity contribution in [2.75, 3.05) is 9.80 Å². The minimum atomic E-state index is -0.492. The third kappa shape index (κ3) is 5.57. The maximum atomic E-state index is 2.54. The standard InChI is InChI=1S/C65H44N2/c1-9-26-60-45(15-1)34-35-46-16-2-10-27-61(46)66(60)49-38-40-54-53-39-32-43(41-58(53)65(59(54)42-49)56-24-7-5-20-51(56)52-21-6-8-25-57(52)65)31-33-44-19-13-23-55-50(44)22-14-30-64(55)67-62-28-11-3-17-47(62)36-37-48-18-4-12-29-63(48)67/h1-9,11-26,28-42H,10,27H2/b33-31+. The minimum Gasteiger partial charge on any atom is -0.313 e. The number of nitrogens with zero attached hydrogens (tertiary/aromatic N) is 2. The van der Waals surface area contributed by atoms with Crippen molar-refractivity contribution < 1.29 is 0 Å². The molecule has 2 aliphatic heterocycles. The molecule has 3 aliphatic carbocycles. The van der Waals surface area contributed by atoms with Gasteiger partial charge in [0.15, 0.2) is 0 Å². The number of rotatable bonds is 4. The van der Waals surface area contributed by atoms with E-state index in [1.54, 1.807) is 0 Å². The van der Waals surface area contributed by atoms with Gasteiger partial charge in [0.2, 0.25) is 0 Å². The molecule has 14 rings (SSSR count). The molecule has 1 spiro atoms. The van der Waals surface area contributed by atoms with Crippen molar-refractivity contribution in [3.05, 3.63) is 274 Å². The number of hydrogen-bond acceptors (Lipinski definition) is 2. The Balaban J connectivity index is 0.925. The van der Waals surface area contributed by atoms with Gasteiger partial charge in [0.1, 0.15) is 0 Å². The summed E-state index contributed by atoms with van der Waals surface area (Å²) in [4.78, 5) is 4.98. The van der Waals surface area contributed by atoms with Gasteiger partial charge in [-0.15, -0.1) is 0 Å². The highest BCUT2D eigenvalue weighted by Gasteiger charge is 2.52. The zero-order chi connectivity index (χ0) is 44.1. The highest BCUT2D eigenvalue weighted by Crippen LogP contribution is 2.63. The van der Waals surface area contributed by atoms with Gasteiger partial charge in [-0.2, -0.15) is 0 Å². The molecule has 0 saturated heterocycles. The molecule has 9 aromatic carbocycles. The van der Waals surface area contributed by atoms with E-state index >= 15 is 0 Å². The van der Waals surface area contributed by atoms with Crippen LogP contribution in [0, 0.1) is 0 Å². The predicted octanol–water partition coefficient (Wildman–Crippen LogP) is 17.1. The molecule has 9 aromatic rings. The van der Waals surface area contributed by atoms with Gasteiger partial charge in [-0.25, -0.2) is 0 Å². The second kappa shape index (κ2) is 14.8.